The summed E-state index contributed by atoms with van der Waals surface area (Å²) in [6.07, 6.45) is 3.28. The van der Waals surface area contributed by atoms with Crippen LogP contribution in [0, 0.1) is 5.41 Å². The third-order valence-corrected chi connectivity index (χ3v) is 5.50. The van der Waals surface area contributed by atoms with Crippen LogP contribution in [0.5, 0.6) is 0 Å². The van der Waals surface area contributed by atoms with Crippen LogP contribution in [-0.4, -0.2) is 20.9 Å². The molecule has 0 aliphatic heterocycles. The highest BCUT2D eigenvalue weighted by atomic mass is 35.5. The molecular weight excluding hydrogens is 335 g/mol. The first-order chi connectivity index (χ1) is 9.62. The first-order valence-electron chi connectivity index (χ1n) is 6.42. The topological polar surface area (TPSA) is 89.3 Å². The SMILES string of the molecule is CC1(CNC(=O)c2cc(S(N)(=O)=O)c(Cl)cc2Cl)CCC1. The maximum absolute atomic E-state index is 12.2. The van der Waals surface area contributed by atoms with E-state index in [0.29, 0.717) is 6.54 Å². The molecule has 1 aromatic carbocycles. The number of sulfonamides is 1. The predicted octanol–water partition coefficient (Wildman–Crippen LogP) is 2.56. The van der Waals surface area contributed by atoms with Crippen molar-refractivity contribution in [2.45, 2.75) is 31.1 Å². The number of primary sulfonamides is 1. The molecule has 3 N–H and O–H groups in total. The van der Waals surface area contributed by atoms with E-state index in [-0.39, 0.29) is 25.9 Å². The molecule has 8 heteroatoms. The summed E-state index contributed by atoms with van der Waals surface area (Å²) in [6.45, 7) is 2.62. The van der Waals surface area contributed by atoms with Gasteiger partial charge in [0.25, 0.3) is 5.91 Å². The van der Waals surface area contributed by atoms with Crippen molar-refractivity contribution < 1.29 is 13.2 Å². The first kappa shape index (κ1) is 16.5. The van der Waals surface area contributed by atoms with Gasteiger partial charge in [-0.3, -0.25) is 4.79 Å². The molecule has 116 valence electrons. The minimum absolute atomic E-state index is 0.0491. The van der Waals surface area contributed by atoms with Gasteiger partial charge in [-0.1, -0.05) is 36.5 Å². The predicted molar refractivity (Wildman–Crippen MR) is 82.1 cm³/mol. The molecule has 1 fully saturated rings. The minimum atomic E-state index is -4.01. The van der Waals surface area contributed by atoms with Gasteiger partial charge in [-0.25, -0.2) is 13.6 Å². The molecule has 1 aromatic rings. The van der Waals surface area contributed by atoms with E-state index in [0.717, 1.165) is 25.3 Å². The van der Waals surface area contributed by atoms with Gasteiger partial charge in [0.2, 0.25) is 10.0 Å². The van der Waals surface area contributed by atoms with Crippen molar-refractivity contribution in [1.82, 2.24) is 5.32 Å². The zero-order chi connectivity index (χ0) is 15.8. The Balaban J connectivity index is 2.24. The smallest absolute Gasteiger partial charge is 0.252 e. The van der Waals surface area contributed by atoms with E-state index in [1.54, 1.807) is 0 Å². The lowest BCUT2D eigenvalue weighted by molar-refractivity contribution is 0.0890. The molecule has 1 aliphatic carbocycles. The number of carbonyl (C=O) groups excluding carboxylic acids is 1. The number of carbonyl (C=O) groups is 1. The number of hydrogen-bond acceptors (Lipinski definition) is 3. The normalized spacial score (nSPS) is 17.1. The highest BCUT2D eigenvalue weighted by molar-refractivity contribution is 7.89. The summed E-state index contributed by atoms with van der Waals surface area (Å²) in [5.41, 5.74) is 0.158. The molecule has 0 unspecified atom stereocenters. The molecule has 0 aromatic heterocycles. The van der Waals surface area contributed by atoms with Crippen molar-refractivity contribution in [3.05, 3.63) is 27.7 Å². The van der Waals surface area contributed by atoms with Crippen LogP contribution < -0.4 is 10.5 Å². The maximum atomic E-state index is 12.2. The number of nitrogens with two attached hydrogens (primary N) is 1. The van der Waals surface area contributed by atoms with E-state index in [1.807, 2.05) is 0 Å². The Morgan fingerprint density at radius 1 is 1.33 bits per heavy atom. The lowest BCUT2D eigenvalue weighted by atomic mass is 9.70. The first-order valence-corrected chi connectivity index (χ1v) is 8.73. The average molecular weight is 351 g/mol. The van der Waals surface area contributed by atoms with E-state index in [9.17, 15) is 13.2 Å². The van der Waals surface area contributed by atoms with Gasteiger partial charge in [0, 0.05) is 6.54 Å². The number of rotatable bonds is 4. The standard InChI is InChI=1S/C13H16Cl2N2O3S/c1-13(3-2-4-13)7-17-12(18)8-5-11(21(16,19)20)10(15)6-9(8)14/h5-6H,2-4,7H2,1H3,(H,17,18)(H2,16,19,20). The molecule has 0 bridgehead atoms. The van der Waals surface area contributed by atoms with Crippen molar-refractivity contribution in [3.8, 4) is 0 Å². The van der Waals surface area contributed by atoms with E-state index in [2.05, 4.69) is 12.2 Å². The molecular formula is C13H16Cl2N2O3S. The Bertz CT molecular complexity index is 685. The number of halogens is 2. The van der Waals surface area contributed by atoms with E-state index < -0.39 is 15.9 Å². The molecule has 0 heterocycles. The van der Waals surface area contributed by atoms with Gasteiger partial charge in [0.05, 0.1) is 15.6 Å². The number of amides is 1. The summed E-state index contributed by atoms with van der Waals surface area (Å²) in [5.74, 6) is -0.435. The molecule has 2 rings (SSSR count). The Kier molecular flexibility index (Phi) is 4.54. The van der Waals surface area contributed by atoms with Crippen LogP contribution in [0.15, 0.2) is 17.0 Å². The third kappa shape index (κ3) is 3.69. The van der Waals surface area contributed by atoms with Gasteiger partial charge in [-0.2, -0.15) is 0 Å². The van der Waals surface area contributed by atoms with Crippen molar-refractivity contribution in [2.24, 2.45) is 10.6 Å². The van der Waals surface area contributed by atoms with Crippen LogP contribution in [0.25, 0.3) is 0 Å². The van der Waals surface area contributed by atoms with Gasteiger partial charge >= 0.3 is 0 Å². The zero-order valence-corrected chi connectivity index (χ0v) is 13.8. The Hall–Kier alpha value is -0.820. The maximum Gasteiger partial charge on any atom is 0.252 e. The van der Waals surface area contributed by atoms with Crippen molar-refractivity contribution in [2.75, 3.05) is 6.54 Å². The third-order valence-electron chi connectivity index (χ3n) is 3.81. The van der Waals surface area contributed by atoms with Gasteiger partial charge in [-0.05, 0) is 30.4 Å². The van der Waals surface area contributed by atoms with Crippen LogP contribution in [0.4, 0.5) is 0 Å². The average Bonchev–Trinajstić information content (AvgIpc) is 2.32. The van der Waals surface area contributed by atoms with Crippen LogP contribution in [0.1, 0.15) is 36.5 Å². The van der Waals surface area contributed by atoms with Crippen LogP contribution in [0.2, 0.25) is 10.0 Å². The summed E-state index contributed by atoms with van der Waals surface area (Å²) in [4.78, 5) is 11.9. The van der Waals surface area contributed by atoms with Gasteiger partial charge in [0.15, 0.2) is 0 Å². The molecule has 0 saturated heterocycles. The fourth-order valence-electron chi connectivity index (χ4n) is 2.27. The van der Waals surface area contributed by atoms with Crippen LogP contribution in [0.3, 0.4) is 0 Å². The van der Waals surface area contributed by atoms with Crippen molar-refractivity contribution >= 4 is 39.1 Å². The monoisotopic (exact) mass is 350 g/mol. The minimum Gasteiger partial charge on any atom is -0.351 e. The highest BCUT2D eigenvalue weighted by Gasteiger charge is 2.32. The molecule has 21 heavy (non-hydrogen) atoms. The summed E-state index contributed by atoms with van der Waals surface area (Å²) < 4.78 is 22.9. The molecule has 0 atom stereocenters. The summed E-state index contributed by atoms with van der Waals surface area (Å²) >= 11 is 11.8. The van der Waals surface area contributed by atoms with Gasteiger partial charge < -0.3 is 5.32 Å². The number of hydrogen-bond donors (Lipinski definition) is 2. The number of benzene rings is 1. The molecule has 1 saturated carbocycles. The zero-order valence-electron chi connectivity index (χ0n) is 11.4. The van der Waals surface area contributed by atoms with Gasteiger partial charge in [-0.15, -0.1) is 0 Å². The van der Waals surface area contributed by atoms with E-state index in [4.69, 9.17) is 28.3 Å². The lowest BCUT2D eigenvalue weighted by Gasteiger charge is -2.38. The van der Waals surface area contributed by atoms with E-state index >= 15 is 0 Å². The molecule has 0 spiro atoms. The van der Waals surface area contributed by atoms with Gasteiger partial charge in [0.1, 0.15) is 4.90 Å². The Morgan fingerprint density at radius 3 is 2.43 bits per heavy atom. The van der Waals surface area contributed by atoms with Crippen molar-refractivity contribution in [3.63, 3.8) is 0 Å². The summed E-state index contributed by atoms with van der Waals surface area (Å²) in [5, 5.41) is 7.82. The van der Waals surface area contributed by atoms with Crippen molar-refractivity contribution in [1.29, 1.82) is 0 Å². The van der Waals surface area contributed by atoms with E-state index in [1.165, 1.54) is 6.07 Å². The second-order valence-electron chi connectivity index (χ2n) is 5.65. The fourth-order valence-corrected chi connectivity index (χ4v) is 3.67. The van der Waals surface area contributed by atoms with Crippen LogP contribution >= 0.6 is 23.2 Å². The summed E-state index contributed by atoms with van der Waals surface area (Å²) in [7, 11) is -4.01. The molecule has 0 radical (unpaired) electrons. The second-order valence-corrected chi connectivity index (χ2v) is 8.00. The Labute approximate surface area is 133 Å². The fraction of sp³-hybridized carbons (Fsp3) is 0.462. The highest BCUT2D eigenvalue weighted by Crippen LogP contribution is 2.39. The molecule has 5 nitrogen and oxygen atoms in total. The second kappa shape index (κ2) is 5.76. The molecule has 1 aliphatic rings. The molecule has 1 amide bonds. The van der Waals surface area contributed by atoms with Crippen LogP contribution in [-0.2, 0) is 10.0 Å². The summed E-state index contributed by atoms with van der Waals surface area (Å²) in [6, 6.07) is 2.32. The number of nitrogens with one attached hydrogen (secondary N) is 1. The largest absolute Gasteiger partial charge is 0.351 e. The Morgan fingerprint density at radius 2 is 1.95 bits per heavy atom. The quantitative estimate of drug-likeness (QED) is 0.874. The lowest BCUT2D eigenvalue weighted by Crippen LogP contribution is -2.40.